The van der Waals surface area contributed by atoms with E-state index >= 15 is 0 Å². The molecular formula is CH4Cl2Li2O. The first-order chi connectivity index (χ1) is 1.00. The Balaban J connectivity index is -0.000000000833. The zero-order valence-corrected chi connectivity index (χ0v) is 5.72. The van der Waals surface area contributed by atoms with E-state index in [1.54, 1.807) is 0 Å². The molecule has 0 aliphatic carbocycles. The van der Waals surface area contributed by atoms with Crippen LogP contribution in [0.25, 0.3) is 0 Å². The first-order valence-corrected chi connectivity index (χ1v) is 0.447. The molecule has 5 heteroatoms. The van der Waals surface area contributed by atoms with Crippen molar-refractivity contribution in [2.45, 2.75) is 0 Å². The van der Waals surface area contributed by atoms with Gasteiger partial charge in [0.2, 0.25) is 0 Å². The SMILES string of the molecule is CO.[Cl-].[Cl-].[Li+].[Li+]. The maximum absolute atomic E-state index is 7.00. The summed E-state index contributed by atoms with van der Waals surface area (Å²) < 4.78 is 0. The van der Waals surface area contributed by atoms with E-state index in [9.17, 15) is 0 Å². The predicted molar refractivity (Wildman–Crippen MR) is 8.14 cm³/mol. The molecule has 0 spiro atoms. The maximum Gasteiger partial charge on any atom is 1.00 e. The van der Waals surface area contributed by atoms with Crippen LogP contribution >= 0.6 is 0 Å². The Labute approximate surface area is 74.4 Å². The van der Waals surface area contributed by atoms with E-state index < -0.39 is 0 Å². The topological polar surface area (TPSA) is 20.2 Å². The Hall–Kier alpha value is 1.73. The third-order valence-corrected chi connectivity index (χ3v) is 0. The molecule has 0 bridgehead atoms. The van der Waals surface area contributed by atoms with Crippen LogP contribution in [-0.4, -0.2) is 12.2 Å². The van der Waals surface area contributed by atoms with Crippen molar-refractivity contribution in [2.75, 3.05) is 7.11 Å². The second-order valence-electron chi connectivity index (χ2n) is 0. The molecule has 0 atom stereocenters. The Bertz CT molecular complexity index is 11.5. The summed E-state index contributed by atoms with van der Waals surface area (Å²) in [5.74, 6) is 0. The minimum Gasteiger partial charge on any atom is -1.00 e. The van der Waals surface area contributed by atoms with Crippen molar-refractivity contribution in [3.63, 3.8) is 0 Å². The van der Waals surface area contributed by atoms with Gasteiger partial charge < -0.3 is 29.9 Å². The number of aliphatic hydroxyl groups is 1. The molecule has 0 heterocycles. The summed E-state index contributed by atoms with van der Waals surface area (Å²) in [5.41, 5.74) is 0. The molecule has 0 amide bonds. The van der Waals surface area contributed by atoms with Crippen molar-refractivity contribution >= 4 is 0 Å². The van der Waals surface area contributed by atoms with Crippen LogP contribution in [0.5, 0.6) is 0 Å². The molecule has 0 rings (SSSR count). The molecule has 0 aromatic heterocycles. The zero-order chi connectivity index (χ0) is 2.00. The molecule has 0 aromatic rings. The van der Waals surface area contributed by atoms with Gasteiger partial charge in [0.25, 0.3) is 0 Å². The minimum absolute atomic E-state index is 0. The van der Waals surface area contributed by atoms with Crippen LogP contribution in [0.1, 0.15) is 0 Å². The van der Waals surface area contributed by atoms with Crippen molar-refractivity contribution in [2.24, 2.45) is 0 Å². The average Bonchev–Trinajstić information content (AvgIpc) is 1.00. The minimum atomic E-state index is 0. The van der Waals surface area contributed by atoms with E-state index in [-0.39, 0.29) is 62.5 Å². The fourth-order valence-corrected chi connectivity index (χ4v) is 0. The van der Waals surface area contributed by atoms with Gasteiger partial charge in [-0.1, -0.05) is 0 Å². The molecule has 30 valence electrons. The van der Waals surface area contributed by atoms with Gasteiger partial charge in [-0.3, -0.25) is 0 Å². The molecule has 0 aromatic carbocycles. The van der Waals surface area contributed by atoms with E-state index in [0.717, 1.165) is 7.11 Å². The van der Waals surface area contributed by atoms with Gasteiger partial charge in [-0.2, -0.15) is 0 Å². The monoisotopic (exact) mass is 116 g/mol. The van der Waals surface area contributed by atoms with Crippen molar-refractivity contribution < 1.29 is 67.6 Å². The number of hydrogen-bond acceptors (Lipinski definition) is 1. The van der Waals surface area contributed by atoms with Gasteiger partial charge in [-0.05, 0) is 0 Å². The second kappa shape index (κ2) is 73.6. The van der Waals surface area contributed by atoms with Gasteiger partial charge in [0.05, 0.1) is 0 Å². The van der Waals surface area contributed by atoms with Crippen LogP contribution < -0.4 is 62.5 Å². The molecule has 0 radical (unpaired) electrons. The van der Waals surface area contributed by atoms with E-state index in [1.807, 2.05) is 0 Å². The van der Waals surface area contributed by atoms with Crippen molar-refractivity contribution in [3.8, 4) is 0 Å². The summed E-state index contributed by atoms with van der Waals surface area (Å²) in [5, 5.41) is 7.00. The standard InChI is InChI=1S/CH4O.2ClH.2Li/c1-2;;;;/h2H,1H3;2*1H;;/q;;;2*+1/p-2. The molecule has 0 unspecified atom stereocenters. The summed E-state index contributed by atoms with van der Waals surface area (Å²) in [6.45, 7) is 0. The Morgan fingerprint density at radius 2 is 0.833 bits per heavy atom. The van der Waals surface area contributed by atoms with Gasteiger partial charge in [-0.15, -0.1) is 0 Å². The van der Waals surface area contributed by atoms with E-state index in [0.29, 0.717) is 0 Å². The molecule has 0 fully saturated rings. The van der Waals surface area contributed by atoms with Gasteiger partial charge in [-0.25, -0.2) is 0 Å². The summed E-state index contributed by atoms with van der Waals surface area (Å²) in [6, 6.07) is 0. The Morgan fingerprint density at radius 3 is 0.833 bits per heavy atom. The first-order valence-electron chi connectivity index (χ1n) is 0.447. The maximum atomic E-state index is 7.00. The Kier molecular flexibility index (Phi) is 575. The van der Waals surface area contributed by atoms with Crippen molar-refractivity contribution in [1.82, 2.24) is 0 Å². The van der Waals surface area contributed by atoms with E-state index in [1.165, 1.54) is 0 Å². The van der Waals surface area contributed by atoms with Crippen molar-refractivity contribution in [3.05, 3.63) is 0 Å². The van der Waals surface area contributed by atoms with Gasteiger partial charge in [0.1, 0.15) is 0 Å². The van der Waals surface area contributed by atoms with Gasteiger partial charge in [0.15, 0.2) is 0 Å². The number of aliphatic hydroxyl groups excluding tert-OH is 1. The van der Waals surface area contributed by atoms with Gasteiger partial charge >= 0.3 is 37.7 Å². The number of rotatable bonds is 0. The van der Waals surface area contributed by atoms with Crippen LogP contribution in [0.15, 0.2) is 0 Å². The molecule has 0 aliphatic rings. The smallest absolute Gasteiger partial charge is 1.00 e. The van der Waals surface area contributed by atoms with Crippen LogP contribution in [0.2, 0.25) is 0 Å². The molecule has 1 N–H and O–H groups in total. The van der Waals surface area contributed by atoms with Gasteiger partial charge in [0, 0.05) is 7.11 Å². The summed E-state index contributed by atoms with van der Waals surface area (Å²) in [7, 11) is 1.00. The van der Waals surface area contributed by atoms with Crippen LogP contribution in [0, 0.1) is 0 Å². The third kappa shape index (κ3) is 42.7. The fraction of sp³-hybridized carbons (Fsp3) is 1.00. The van der Waals surface area contributed by atoms with Crippen LogP contribution in [0.4, 0.5) is 0 Å². The van der Waals surface area contributed by atoms with E-state index in [2.05, 4.69) is 0 Å². The quantitative estimate of drug-likeness (QED) is 0.312. The first kappa shape index (κ1) is 46.9. The summed E-state index contributed by atoms with van der Waals surface area (Å²) in [6.07, 6.45) is 0. The summed E-state index contributed by atoms with van der Waals surface area (Å²) >= 11 is 0. The molecule has 0 aliphatic heterocycles. The Morgan fingerprint density at radius 1 is 0.833 bits per heavy atom. The molecular weight excluding hydrogens is 113 g/mol. The van der Waals surface area contributed by atoms with Crippen LogP contribution in [0.3, 0.4) is 0 Å². The zero-order valence-electron chi connectivity index (χ0n) is 4.20. The third-order valence-electron chi connectivity index (χ3n) is 0. The summed E-state index contributed by atoms with van der Waals surface area (Å²) in [4.78, 5) is 0. The van der Waals surface area contributed by atoms with Crippen molar-refractivity contribution in [1.29, 1.82) is 0 Å². The second-order valence-corrected chi connectivity index (χ2v) is 0. The molecule has 0 saturated heterocycles. The van der Waals surface area contributed by atoms with E-state index in [4.69, 9.17) is 5.11 Å². The normalized spacial score (nSPS) is 1.00. The fourth-order valence-electron chi connectivity index (χ4n) is 0. The largest absolute Gasteiger partial charge is 1.00 e. The molecule has 0 saturated carbocycles. The number of halogens is 2. The molecule has 1 nitrogen and oxygen atoms in total. The van der Waals surface area contributed by atoms with Crippen LogP contribution in [-0.2, 0) is 0 Å². The molecule has 6 heavy (non-hydrogen) atoms. The predicted octanol–water partition coefficient (Wildman–Crippen LogP) is -12.4. The number of hydrogen-bond donors (Lipinski definition) is 1. The average molecular weight is 117 g/mol.